The summed E-state index contributed by atoms with van der Waals surface area (Å²) in [7, 11) is 0. The molecule has 0 fully saturated rings. The van der Waals surface area contributed by atoms with Crippen LogP contribution in [0.1, 0.15) is 12.0 Å². The summed E-state index contributed by atoms with van der Waals surface area (Å²) in [5.41, 5.74) is 0.997. The van der Waals surface area contributed by atoms with Crippen LogP contribution >= 0.6 is 15.9 Å². The molecule has 0 saturated heterocycles. The maximum Gasteiger partial charge on any atom is 0.224 e. The van der Waals surface area contributed by atoms with Crippen molar-refractivity contribution in [1.82, 2.24) is 5.32 Å². The Labute approximate surface area is 115 Å². The zero-order valence-electron chi connectivity index (χ0n) is 9.97. The Kier molecular flexibility index (Phi) is 4.55. The van der Waals surface area contributed by atoms with Gasteiger partial charge in [0, 0.05) is 23.0 Å². The number of carbonyl (C=O) groups excluding carboxylic acids is 1. The number of halogens is 1. The van der Waals surface area contributed by atoms with E-state index in [0.717, 1.165) is 16.5 Å². The van der Waals surface area contributed by atoms with Gasteiger partial charge in [0.15, 0.2) is 0 Å². The summed E-state index contributed by atoms with van der Waals surface area (Å²) in [6.45, 7) is 0.148. The number of aliphatic hydroxyl groups is 1. The second-order valence-electron chi connectivity index (χ2n) is 4.54. The van der Waals surface area contributed by atoms with Crippen LogP contribution in [0.2, 0.25) is 0 Å². The average molecular weight is 310 g/mol. The van der Waals surface area contributed by atoms with Crippen molar-refractivity contribution in [2.75, 3.05) is 6.61 Å². The Morgan fingerprint density at radius 1 is 1.33 bits per heavy atom. The molecule has 0 bridgehead atoms. The minimum Gasteiger partial charge on any atom is -0.396 e. The maximum atomic E-state index is 11.8. The molecule has 2 atom stereocenters. The van der Waals surface area contributed by atoms with Gasteiger partial charge in [-0.3, -0.25) is 4.79 Å². The maximum absolute atomic E-state index is 11.8. The highest BCUT2D eigenvalue weighted by molar-refractivity contribution is 9.10. The number of amides is 1. The van der Waals surface area contributed by atoms with E-state index in [1.165, 1.54) is 0 Å². The molecule has 96 valence electrons. The van der Waals surface area contributed by atoms with Crippen molar-refractivity contribution in [2.24, 2.45) is 5.92 Å². The smallest absolute Gasteiger partial charge is 0.224 e. The average Bonchev–Trinajstić information content (AvgIpc) is 2.79. The number of aliphatic hydroxyl groups excluding tert-OH is 1. The molecule has 0 aromatic heterocycles. The number of rotatable bonds is 4. The van der Waals surface area contributed by atoms with E-state index in [9.17, 15) is 4.79 Å². The molecule has 0 unspecified atom stereocenters. The molecule has 0 saturated carbocycles. The molecule has 1 aliphatic rings. The number of hydrogen-bond acceptors (Lipinski definition) is 2. The van der Waals surface area contributed by atoms with Crippen LogP contribution in [0.15, 0.2) is 40.9 Å². The number of nitrogens with one attached hydrogen (secondary N) is 1. The summed E-state index contributed by atoms with van der Waals surface area (Å²) in [6.07, 6.45) is 5.11. The normalized spacial score (nSPS) is 22.1. The zero-order chi connectivity index (χ0) is 13.0. The monoisotopic (exact) mass is 309 g/mol. The highest BCUT2D eigenvalue weighted by Crippen LogP contribution is 2.17. The zero-order valence-corrected chi connectivity index (χ0v) is 11.6. The van der Waals surface area contributed by atoms with Crippen molar-refractivity contribution in [3.8, 4) is 0 Å². The summed E-state index contributed by atoms with van der Waals surface area (Å²) in [6, 6.07) is 7.79. The third kappa shape index (κ3) is 3.68. The van der Waals surface area contributed by atoms with E-state index >= 15 is 0 Å². The SMILES string of the molecule is O=C(Cc1ccc(Br)cc1)N[C@@H]1C=C[C@H](CO)C1. The van der Waals surface area contributed by atoms with Gasteiger partial charge in [0.1, 0.15) is 0 Å². The Hall–Kier alpha value is -1.13. The standard InChI is InChI=1S/C14H16BrNO2/c15-12-4-1-10(2-5-12)8-14(18)16-13-6-3-11(7-13)9-17/h1-6,11,13,17H,7-9H2,(H,16,18)/t11-,13+/m0/s1. The fraction of sp³-hybridized carbons (Fsp3) is 0.357. The minimum absolute atomic E-state index is 0.0190. The molecule has 4 heteroatoms. The molecule has 3 nitrogen and oxygen atoms in total. The largest absolute Gasteiger partial charge is 0.396 e. The van der Waals surface area contributed by atoms with Crippen LogP contribution in [0.3, 0.4) is 0 Å². The molecule has 0 heterocycles. The molecule has 1 aromatic carbocycles. The van der Waals surface area contributed by atoms with Crippen LogP contribution in [0.25, 0.3) is 0 Å². The fourth-order valence-electron chi connectivity index (χ4n) is 2.06. The molecule has 1 aliphatic carbocycles. The van der Waals surface area contributed by atoms with Gasteiger partial charge in [-0.15, -0.1) is 0 Å². The van der Waals surface area contributed by atoms with Crippen molar-refractivity contribution in [1.29, 1.82) is 0 Å². The highest BCUT2D eigenvalue weighted by Gasteiger charge is 2.19. The first-order chi connectivity index (χ1) is 8.67. The predicted octanol–water partition coefficient (Wildman–Crippen LogP) is 2.04. The van der Waals surface area contributed by atoms with Crippen molar-refractivity contribution < 1.29 is 9.90 Å². The van der Waals surface area contributed by atoms with E-state index in [0.29, 0.717) is 6.42 Å². The highest BCUT2D eigenvalue weighted by atomic mass is 79.9. The van der Waals surface area contributed by atoms with Crippen molar-refractivity contribution in [2.45, 2.75) is 18.9 Å². The topological polar surface area (TPSA) is 49.3 Å². The molecule has 0 spiro atoms. The fourth-order valence-corrected chi connectivity index (χ4v) is 2.33. The lowest BCUT2D eigenvalue weighted by atomic mass is 10.1. The quantitative estimate of drug-likeness (QED) is 0.836. The van der Waals surface area contributed by atoms with Crippen LogP contribution in [-0.2, 0) is 11.2 Å². The Morgan fingerprint density at radius 3 is 2.67 bits per heavy atom. The summed E-state index contributed by atoms with van der Waals surface area (Å²) < 4.78 is 1.01. The summed E-state index contributed by atoms with van der Waals surface area (Å²) in [5, 5.41) is 12.0. The molecule has 0 radical (unpaired) electrons. The molecule has 0 aliphatic heterocycles. The van der Waals surface area contributed by atoms with Gasteiger partial charge in [0.25, 0.3) is 0 Å². The molecule has 1 amide bonds. The van der Waals surface area contributed by atoms with Crippen LogP contribution in [0.4, 0.5) is 0 Å². The molecular weight excluding hydrogens is 294 g/mol. The third-order valence-electron chi connectivity index (χ3n) is 3.03. The van der Waals surface area contributed by atoms with Crippen LogP contribution < -0.4 is 5.32 Å². The van der Waals surface area contributed by atoms with Gasteiger partial charge in [-0.25, -0.2) is 0 Å². The Morgan fingerprint density at radius 2 is 2.06 bits per heavy atom. The van der Waals surface area contributed by atoms with Gasteiger partial charge in [-0.05, 0) is 24.1 Å². The van der Waals surface area contributed by atoms with Crippen molar-refractivity contribution in [3.63, 3.8) is 0 Å². The van der Waals surface area contributed by atoms with Crippen LogP contribution in [0.5, 0.6) is 0 Å². The lowest BCUT2D eigenvalue weighted by molar-refractivity contribution is -0.120. The number of hydrogen-bond donors (Lipinski definition) is 2. The van der Waals surface area contributed by atoms with E-state index in [1.54, 1.807) is 0 Å². The molecule has 2 N–H and O–H groups in total. The van der Waals surface area contributed by atoms with Gasteiger partial charge < -0.3 is 10.4 Å². The van der Waals surface area contributed by atoms with Gasteiger partial charge >= 0.3 is 0 Å². The number of carbonyl (C=O) groups is 1. The lowest BCUT2D eigenvalue weighted by Crippen LogP contribution is -2.34. The summed E-state index contributed by atoms with van der Waals surface area (Å²) >= 11 is 3.36. The summed E-state index contributed by atoms with van der Waals surface area (Å²) in [4.78, 5) is 11.8. The van der Waals surface area contributed by atoms with Crippen molar-refractivity contribution >= 4 is 21.8 Å². The van der Waals surface area contributed by atoms with E-state index in [2.05, 4.69) is 21.2 Å². The first-order valence-electron chi connectivity index (χ1n) is 6.00. The second kappa shape index (κ2) is 6.16. The van der Waals surface area contributed by atoms with Gasteiger partial charge in [-0.2, -0.15) is 0 Å². The molecular formula is C14H16BrNO2. The molecule has 1 aromatic rings. The minimum atomic E-state index is 0.0190. The van der Waals surface area contributed by atoms with Gasteiger partial charge in [-0.1, -0.05) is 40.2 Å². The Balaban J connectivity index is 1.82. The molecule has 2 rings (SSSR count). The third-order valence-corrected chi connectivity index (χ3v) is 3.56. The summed E-state index contributed by atoms with van der Waals surface area (Å²) in [5.74, 6) is 0.202. The Bertz CT molecular complexity index is 442. The second-order valence-corrected chi connectivity index (χ2v) is 5.46. The first kappa shape index (κ1) is 13.3. The van der Waals surface area contributed by atoms with E-state index < -0.39 is 0 Å². The van der Waals surface area contributed by atoms with Gasteiger partial charge in [0.05, 0.1) is 6.42 Å². The first-order valence-corrected chi connectivity index (χ1v) is 6.79. The van der Waals surface area contributed by atoms with Crippen molar-refractivity contribution in [3.05, 3.63) is 46.5 Å². The number of benzene rings is 1. The van der Waals surface area contributed by atoms with Gasteiger partial charge in [0.2, 0.25) is 5.91 Å². The predicted molar refractivity (Wildman–Crippen MR) is 74.1 cm³/mol. The van der Waals surface area contributed by atoms with Crippen LogP contribution in [0, 0.1) is 5.92 Å². The van der Waals surface area contributed by atoms with E-state index in [-0.39, 0.29) is 24.5 Å². The van der Waals surface area contributed by atoms with E-state index in [4.69, 9.17) is 5.11 Å². The van der Waals surface area contributed by atoms with Crippen LogP contribution in [-0.4, -0.2) is 23.7 Å². The molecule has 18 heavy (non-hydrogen) atoms. The van der Waals surface area contributed by atoms with E-state index in [1.807, 2.05) is 36.4 Å². The lowest BCUT2D eigenvalue weighted by Gasteiger charge is -2.12.